The van der Waals surface area contributed by atoms with Crippen LogP contribution in [-0.2, 0) is 9.53 Å². The average molecular weight is 147 g/mol. The second-order valence-corrected chi connectivity index (χ2v) is 2.68. The molecule has 0 atom stereocenters. The molecule has 0 spiro atoms. The normalized spacial score (nSPS) is 11.2. The molecule has 0 aliphatic heterocycles. The zero-order valence-corrected chi connectivity index (χ0v) is 6.47. The molecule has 0 saturated carbocycles. The Kier molecular flexibility index (Phi) is 3.32. The number of carbonyl (C=O) groups is 1. The summed E-state index contributed by atoms with van der Waals surface area (Å²) in [4.78, 5) is 10.5. The van der Waals surface area contributed by atoms with Crippen LogP contribution in [0.4, 0.5) is 0 Å². The topological polar surface area (TPSA) is 58.6 Å². The molecule has 0 aromatic heterocycles. The third-order valence-electron chi connectivity index (χ3n) is 1.26. The Morgan fingerprint density at radius 1 is 1.70 bits per heavy atom. The molecule has 0 radical (unpaired) electrons. The van der Waals surface area contributed by atoms with Gasteiger partial charge in [-0.3, -0.25) is 10.0 Å². The van der Waals surface area contributed by atoms with Crippen LogP contribution >= 0.6 is 0 Å². The lowest BCUT2D eigenvalue weighted by Crippen LogP contribution is -2.32. The van der Waals surface area contributed by atoms with Gasteiger partial charge in [0.1, 0.15) is 0 Å². The first-order valence-corrected chi connectivity index (χ1v) is 3.00. The molecule has 0 aromatic carbocycles. The van der Waals surface area contributed by atoms with E-state index >= 15 is 0 Å². The summed E-state index contributed by atoms with van der Waals surface area (Å²) in [5.74, 6) is -0.438. The van der Waals surface area contributed by atoms with E-state index in [1.165, 1.54) is 12.6 Å². The van der Waals surface area contributed by atoms with E-state index in [1.807, 2.05) is 0 Å². The van der Waals surface area contributed by atoms with Crippen molar-refractivity contribution in [3.8, 4) is 0 Å². The van der Waals surface area contributed by atoms with Crippen LogP contribution in [-0.4, -0.2) is 23.8 Å². The molecular weight excluding hydrogens is 134 g/mol. The maximum atomic E-state index is 10.5. The Labute approximate surface area is 60.1 Å². The smallest absolute Gasteiger partial charge is 0.246 e. The fraction of sp³-hybridized carbons (Fsp3) is 0.833. The van der Waals surface area contributed by atoms with E-state index in [9.17, 15) is 4.79 Å². The Morgan fingerprint density at radius 2 is 2.20 bits per heavy atom. The standard InChI is InChI=1S/C6H13NO3/c1-6(2,10-3)4-5(8)7-9/h9H,4H2,1-3H3,(H,7,8). The van der Waals surface area contributed by atoms with Gasteiger partial charge in [-0.05, 0) is 13.8 Å². The van der Waals surface area contributed by atoms with E-state index in [4.69, 9.17) is 9.94 Å². The fourth-order valence-electron chi connectivity index (χ4n) is 0.498. The first-order valence-electron chi connectivity index (χ1n) is 3.00. The Bertz CT molecular complexity index is 122. The highest BCUT2D eigenvalue weighted by molar-refractivity contribution is 5.75. The molecule has 60 valence electrons. The predicted molar refractivity (Wildman–Crippen MR) is 35.6 cm³/mol. The summed E-state index contributed by atoms with van der Waals surface area (Å²) >= 11 is 0. The SMILES string of the molecule is COC(C)(C)CC(=O)NO. The number of nitrogens with one attached hydrogen (secondary N) is 1. The van der Waals surface area contributed by atoms with Gasteiger partial charge in [0.15, 0.2) is 0 Å². The van der Waals surface area contributed by atoms with Crippen LogP contribution in [0.5, 0.6) is 0 Å². The minimum absolute atomic E-state index is 0.153. The van der Waals surface area contributed by atoms with Gasteiger partial charge >= 0.3 is 0 Å². The molecule has 0 heterocycles. The van der Waals surface area contributed by atoms with Crippen molar-refractivity contribution < 1.29 is 14.7 Å². The molecule has 2 N–H and O–H groups in total. The van der Waals surface area contributed by atoms with Crippen LogP contribution in [0.15, 0.2) is 0 Å². The maximum absolute atomic E-state index is 10.5. The first-order chi connectivity index (χ1) is 4.52. The van der Waals surface area contributed by atoms with E-state index in [1.54, 1.807) is 13.8 Å². The predicted octanol–water partition coefficient (Wildman–Crippen LogP) is 0.307. The van der Waals surface area contributed by atoms with Crippen molar-refractivity contribution >= 4 is 5.91 Å². The molecule has 4 nitrogen and oxygen atoms in total. The zero-order chi connectivity index (χ0) is 8.20. The summed E-state index contributed by atoms with van der Waals surface area (Å²) in [6.07, 6.45) is 0.153. The quantitative estimate of drug-likeness (QED) is 0.446. The van der Waals surface area contributed by atoms with E-state index in [-0.39, 0.29) is 6.42 Å². The van der Waals surface area contributed by atoms with Crippen LogP contribution < -0.4 is 5.48 Å². The van der Waals surface area contributed by atoms with E-state index in [0.717, 1.165) is 0 Å². The molecule has 0 unspecified atom stereocenters. The lowest BCUT2D eigenvalue weighted by molar-refractivity contribution is -0.134. The van der Waals surface area contributed by atoms with Crippen molar-refractivity contribution in [2.45, 2.75) is 25.9 Å². The van der Waals surface area contributed by atoms with E-state index in [0.29, 0.717) is 0 Å². The number of hydroxylamine groups is 1. The van der Waals surface area contributed by atoms with Crippen LogP contribution in [0.3, 0.4) is 0 Å². The highest BCUT2D eigenvalue weighted by Gasteiger charge is 2.20. The van der Waals surface area contributed by atoms with Crippen molar-refractivity contribution in [2.24, 2.45) is 0 Å². The fourth-order valence-corrected chi connectivity index (χ4v) is 0.498. The second kappa shape index (κ2) is 3.53. The number of amides is 1. The lowest BCUT2D eigenvalue weighted by Gasteiger charge is -2.20. The highest BCUT2D eigenvalue weighted by Crippen LogP contribution is 2.11. The number of hydrogen-bond donors (Lipinski definition) is 2. The largest absolute Gasteiger partial charge is 0.378 e. The third-order valence-corrected chi connectivity index (χ3v) is 1.26. The van der Waals surface area contributed by atoms with E-state index in [2.05, 4.69) is 0 Å². The lowest BCUT2D eigenvalue weighted by atomic mass is 10.1. The summed E-state index contributed by atoms with van der Waals surface area (Å²) in [5, 5.41) is 8.14. The highest BCUT2D eigenvalue weighted by atomic mass is 16.5. The molecule has 0 fully saturated rings. The molecule has 0 bridgehead atoms. The maximum Gasteiger partial charge on any atom is 0.246 e. The minimum atomic E-state index is -0.507. The van der Waals surface area contributed by atoms with Gasteiger partial charge in [-0.15, -0.1) is 0 Å². The second-order valence-electron chi connectivity index (χ2n) is 2.68. The van der Waals surface area contributed by atoms with Gasteiger partial charge in [-0.2, -0.15) is 0 Å². The summed E-state index contributed by atoms with van der Waals surface area (Å²) in [6.45, 7) is 3.53. The molecule has 0 saturated heterocycles. The number of rotatable bonds is 3. The molecule has 0 aliphatic carbocycles. The molecule has 0 aromatic rings. The monoisotopic (exact) mass is 147 g/mol. The summed E-state index contributed by atoms with van der Waals surface area (Å²) in [5.41, 5.74) is 1.03. The summed E-state index contributed by atoms with van der Waals surface area (Å²) < 4.78 is 4.94. The number of hydrogen-bond acceptors (Lipinski definition) is 3. The molecule has 0 aliphatic rings. The van der Waals surface area contributed by atoms with Crippen LogP contribution in [0.1, 0.15) is 20.3 Å². The molecule has 1 amide bonds. The van der Waals surface area contributed by atoms with Crippen molar-refractivity contribution in [1.29, 1.82) is 0 Å². The van der Waals surface area contributed by atoms with Gasteiger partial charge in [0.25, 0.3) is 0 Å². The van der Waals surface area contributed by atoms with Crippen molar-refractivity contribution in [1.82, 2.24) is 5.48 Å². The number of methoxy groups -OCH3 is 1. The molecule has 10 heavy (non-hydrogen) atoms. The number of carbonyl (C=O) groups excluding carboxylic acids is 1. The van der Waals surface area contributed by atoms with Crippen LogP contribution in [0, 0.1) is 0 Å². The van der Waals surface area contributed by atoms with Crippen molar-refractivity contribution in [3.05, 3.63) is 0 Å². The minimum Gasteiger partial charge on any atom is -0.378 e. The van der Waals surface area contributed by atoms with Gasteiger partial charge in [0.2, 0.25) is 5.91 Å². The van der Waals surface area contributed by atoms with Crippen molar-refractivity contribution in [2.75, 3.05) is 7.11 Å². The Balaban J connectivity index is 3.76. The van der Waals surface area contributed by atoms with Gasteiger partial charge in [0.05, 0.1) is 12.0 Å². The number of ether oxygens (including phenoxy) is 1. The summed E-state index contributed by atoms with van der Waals surface area (Å²) in [7, 11) is 1.52. The van der Waals surface area contributed by atoms with Gasteiger partial charge in [-0.1, -0.05) is 0 Å². The summed E-state index contributed by atoms with van der Waals surface area (Å²) in [6, 6.07) is 0. The van der Waals surface area contributed by atoms with Crippen LogP contribution in [0.25, 0.3) is 0 Å². The zero-order valence-electron chi connectivity index (χ0n) is 6.47. The third kappa shape index (κ3) is 3.42. The first kappa shape index (κ1) is 9.39. The van der Waals surface area contributed by atoms with Gasteiger partial charge in [-0.25, -0.2) is 5.48 Å². The molecular formula is C6H13NO3. The Morgan fingerprint density at radius 3 is 2.50 bits per heavy atom. The van der Waals surface area contributed by atoms with Crippen LogP contribution in [0.2, 0.25) is 0 Å². The Hall–Kier alpha value is -0.610. The van der Waals surface area contributed by atoms with Gasteiger partial charge < -0.3 is 4.74 Å². The van der Waals surface area contributed by atoms with E-state index < -0.39 is 11.5 Å². The van der Waals surface area contributed by atoms with Crippen molar-refractivity contribution in [3.63, 3.8) is 0 Å². The van der Waals surface area contributed by atoms with Gasteiger partial charge in [0, 0.05) is 7.11 Å². The average Bonchev–Trinajstić information content (AvgIpc) is 1.87. The molecule has 0 rings (SSSR count). The molecule has 4 heteroatoms.